The molecule has 21 heavy (non-hydrogen) atoms. The second-order valence-corrected chi connectivity index (χ2v) is 8.00. The van der Waals surface area contributed by atoms with Crippen molar-refractivity contribution < 1.29 is 0 Å². The zero-order valence-corrected chi connectivity index (χ0v) is 14.7. The number of piperidine rings is 1. The average molecular weight is 295 g/mol. The molecule has 124 valence electrons. The van der Waals surface area contributed by atoms with Crippen LogP contribution in [0.5, 0.6) is 0 Å². The minimum Gasteiger partial charge on any atom is -0.314 e. The third-order valence-electron chi connectivity index (χ3n) is 5.60. The van der Waals surface area contributed by atoms with Gasteiger partial charge in [0, 0.05) is 18.1 Å². The van der Waals surface area contributed by atoms with Crippen LogP contribution in [-0.4, -0.2) is 24.7 Å². The lowest BCUT2D eigenvalue weighted by atomic mass is 9.77. The van der Waals surface area contributed by atoms with Gasteiger partial charge in [-0.05, 0) is 57.4 Å². The molecule has 2 aliphatic rings. The molecule has 4 unspecified atom stereocenters. The first-order valence-corrected chi connectivity index (χ1v) is 9.66. The fourth-order valence-corrected chi connectivity index (χ4v) is 4.37. The molecule has 0 aromatic heterocycles. The van der Waals surface area contributed by atoms with Crippen molar-refractivity contribution in [3.8, 4) is 0 Å². The van der Waals surface area contributed by atoms with Gasteiger partial charge in [-0.25, -0.2) is 0 Å². The van der Waals surface area contributed by atoms with Gasteiger partial charge in [0.25, 0.3) is 0 Å². The van der Waals surface area contributed by atoms with Crippen LogP contribution < -0.4 is 10.6 Å². The summed E-state index contributed by atoms with van der Waals surface area (Å²) >= 11 is 0. The Morgan fingerprint density at radius 2 is 1.71 bits per heavy atom. The SMILES string of the molecule is CC(C)CCCC(C)NC1CCCCC1C1CCCCN1. The van der Waals surface area contributed by atoms with Crippen LogP contribution in [0.4, 0.5) is 0 Å². The van der Waals surface area contributed by atoms with Crippen LogP contribution >= 0.6 is 0 Å². The van der Waals surface area contributed by atoms with Gasteiger partial charge in [0.15, 0.2) is 0 Å². The maximum absolute atomic E-state index is 4.00. The molecule has 1 saturated heterocycles. The van der Waals surface area contributed by atoms with Crippen molar-refractivity contribution in [2.75, 3.05) is 6.54 Å². The van der Waals surface area contributed by atoms with Crippen LogP contribution in [0.2, 0.25) is 0 Å². The van der Waals surface area contributed by atoms with E-state index < -0.39 is 0 Å². The van der Waals surface area contributed by atoms with Crippen molar-refractivity contribution >= 4 is 0 Å². The lowest BCUT2D eigenvalue weighted by Crippen LogP contribution is -2.52. The Balaban J connectivity index is 1.77. The summed E-state index contributed by atoms with van der Waals surface area (Å²) in [7, 11) is 0. The maximum Gasteiger partial charge on any atom is 0.0113 e. The number of nitrogens with one attached hydrogen (secondary N) is 2. The number of hydrogen-bond donors (Lipinski definition) is 2. The van der Waals surface area contributed by atoms with Crippen molar-refractivity contribution in [1.29, 1.82) is 0 Å². The molecular formula is C19H38N2. The summed E-state index contributed by atoms with van der Waals surface area (Å²) in [6, 6.07) is 2.25. The van der Waals surface area contributed by atoms with Crippen molar-refractivity contribution in [1.82, 2.24) is 10.6 Å². The Morgan fingerprint density at radius 1 is 0.952 bits per heavy atom. The lowest BCUT2D eigenvalue weighted by molar-refractivity contribution is 0.171. The number of rotatable bonds is 7. The van der Waals surface area contributed by atoms with Crippen LogP contribution in [0, 0.1) is 11.8 Å². The molecule has 0 aromatic rings. The van der Waals surface area contributed by atoms with E-state index in [9.17, 15) is 0 Å². The highest BCUT2D eigenvalue weighted by molar-refractivity contribution is 4.91. The fourth-order valence-electron chi connectivity index (χ4n) is 4.37. The molecular weight excluding hydrogens is 256 g/mol. The third-order valence-corrected chi connectivity index (χ3v) is 5.60. The molecule has 2 fully saturated rings. The topological polar surface area (TPSA) is 24.1 Å². The summed E-state index contributed by atoms with van der Waals surface area (Å²) in [4.78, 5) is 0. The molecule has 2 heteroatoms. The summed E-state index contributed by atoms with van der Waals surface area (Å²) in [6.07, 6.45) is 14.0. The molecule has 2 rings (SSSR count). The Morgan fingerprint density at radius 3 is 2.43 bits per heavy atom. The molecule has 0 spiro atoms. The largest absolute Gasteiger partial charge is 0.314 e. The van der Waals surface area contributed by atoms with Crippen molar-refractivity contribution in [3.63, 3.8) is 0 Å². The van der Waals surface area contributed by atoms with Crippen LogP contribution in [0.1, 0.15) is 85.0 Å². The Hall–Kier alpha value is -0.0800. The molecule has 1 aliphatic heterocycles. The summed E-state index contributed by atoms with van der Waals surface area (Å²) in [5.74, 6) is 1.73. The fraction of sp³-hybridized carbons (Fsp3) is 1.00. The molecule has 2 nitrogen and oxygen atoms in total. The molecule has 2 N–H and O–H groups in total. The molecule has 0 radical (unpaired) electrons. The lowest BCUT2D eigenvalue weighted by Gasteiger charge is -2.41. The normalized spacial score (nSPS) is 32.3. The van der Waals surface area contributed by atoms with Gasteiger partial charge in [0.2, 0.25) is 0 Å². The summed E-state index contributed by atoms with van der Waals surface area (Å²) < 4.78 is 0. The third kappa shape index (κ3) is 5.90. The van der Waals surface area contributed by atoms with Crippen molar-refractivity contribution in [2.24, 2.45) is 11.8 Å². The van der Waals surface area contributed by atoms with Crippen LogP contribution in [0.3, 0.4) is 0 Å². The van der Waals surface area contributed by atoms with E-state index in [4.69, 9.17) is 0 Å². The van der Waals surface area contributed by atoms with Crippen LogP contribution in [0.25, 0.3) is 0 Å². The highest BCUT2D eigenvalue weighted by Gasteiger charge is 2.32. The molecule has 4 atom stereocenters. The van der Waals surface area contributed by atoms with E-state index in [1.165, 1.54) is 70.8 Å². The Kier molecular flexibility index (Phi) is 7.53. The van der Waals surface area contributed by atoms with Crippen molar-refractivity contribution in [3.05, 3.63) is 0 Å². The van der Waals surface area contributed by atoms with Gasteiger partial charge in [-0.15, -0.1) is 0 Å². The predicted octanol–water partition coefficient (Wildman–Crippen LogP) is 4.49. The summed E-state index contributed by atoms with van der Waals surface area (Å²) in [5, 5.41) is 7.81. The quantitative estimate of drug-likeness (QED) is 0.723. The van der Waals surface area contributed by atoms with E-state index in [0.29, 0.717) is 6.04 Å². The Bertz CT molecular complexity index is 271. The van der Waals surface area contributed by atoms with Crippen LogP contribution in [0.15, 0.2) is 0 Å². The second-order valence-electron chi connectivity index (χ2n) is 8.00. The van der Waals surface area contributed by atoms with E-state index >= 15 is 0 Å². The molecule has 1 aliphatic carbocycles. The van der Waals surface area contributed by atoms with Crippen LogP contribution in [-0.2, 0) is 0 Å². The molecule has 0 amide bonds. The first-order valence-electron chi connectivity index (χ1n) is 9.66. The second kappa shape index (κ2) is 9.15. The van der Waals surface area contributed by atoms with E-state index in [-0.39, 0.29) is 0 Å². The molecule has 0 bridgehead atoms. The van der Waals surface area contributed by atoms with Gasteiger partial charge < -0.3 is 10.6 Å². The van der Waals surface area contributed by atoms with E-state index in [0.717, 1.165) is 23.9 Å². The van der Waals surface area contributed by atoms with E-state index in [1.54, 1.807) is 0 Å². The zero-order chi connectivity index (χ0) is 15.1. The highest BCUT2D eigenvalue weighted by atomic mass is 15.0. The number of hydrogen-bond acceptors (Lipinski definition) is 2. The monoisotopic (exact) mass is 294 g/mol. The van der Waals surface area contributed by atoms with Gasteiger partial charge in [-0.1, -0.05) is 46.0 Å². The molecule has 0 aromatic carbocycles. The average Bonchev–Trinajstić information content (AvgIpc) is 2.48. The minimum absolute atomic E-state index is 0.693. The first-order chi connectivity index (χ1) is 10.2. The standard InChI is InChI=1S/C19H38N2/c1-15(2)9-8-10-16(3)21-19-13-5-4-11-17(19)18-12-6-7-14-20-18/h15-21H,4-14H2,1-3H3. The van der Waals surface area contributed by atoms with Gasteiger partial charge >= 0.3 is 0 Å². The maximum atomic E-state index is 4.00. The van der Waals surface area contributed by atoms with Gasteiger partial charge in [-0.2, -0.15) is 0 Å². The van der Waals surface area contributed by atoms with Crippen molar-refractivity contribution in [2.45, 2.75) is 103 Å². The van der Waals surface area contributed by atoms with E-state index in [1.807, 2.05) is 0 Å². The summed E-state index contributed by atoms with van der Waals surface area (Å²) in [6.45, 7) is 8.33. The van der Waals surface area contributed by atoms with Gasteiger partial charge in [0.1, 0.15) is 0 Å². The van der Waals surface area contributed by atoms with Gasteiger partial charge in [-0.3, -0.25) is 0 Å². The first kappa shape index (κ1) is 17.3. The smallest absolute Gasteiger partial charge is 0.0113 e. The predicted molar refractivity (Wildman–Crippen MR) is 92.7 cm³/mol. The summed E-state index contributed by atoms with van der Waals surface area (Å²) in [5.41, 5.74) is 0. The van der Waals surface area contributed by atoms with E-state index in [2.05, 4.69) is 31.4 Å². The zero-order valence-electron chi connectivity index (χ0n) is 14.7. The highest BCUT2D eigenvalue weighted by Crippen LogP contribution is 2.31. The molecule has 1 heterocycles. The van der Waals surface area contributed by atoms with Gasteiger partial charge in [0.05, 0.1) is 0 Å². The molecule has 1 saturated carbocycles. The minimum atomic E-state index is 0.693. The Labute approximate surface area is 132 Å².